The molecule has 3 aromatic rings. The van der Waals surface area contributed by atoms with Crippen LogP contribution in [0.5, 0.6) is 0 Å². The predicted molar refractivity (Wildman–Crippen MR) is 107 cm³/mol. The van der Waals surface area contributed by atoms with Gasteiger partial charge in [0.2, 0.25) is 5.91 Å². The first kappa shape index (κ1) is 19.0. The van der Waals surface area contributed by atoms with Gasteiger partial charge in [-0.1, -0.05) is 46.6 Å². The van der Waals surface area contributed by atoms with Crippen molar-refractivity contribution in [3.05, 3.63) is 57.5 Å². The van der Waals surface area contributed by atoms with Crippen molar-refractivity contribution < 1.29 is 4.79 Å². The van der Waals surface area contributed by atoms with Crippen LogP contribution in [0.1, 0.15) is 0 Å². The summed E-state index contributed by atoms with van der Waals surface area (Å²) >= 11 is 19.1. The fraction of sp³-hybridized carbons (Fsp3) is 0.118. The number of carbonyl (C=O) groups is 1. The molecule has 1 heterocycles. The molecule has 0 aliphatic carbocycles. The molecule has 9 heteroatoms. The van der Waals surface area contributed by atoms with E-state index in [9.17, 15) is 4.79 Å². The molecule has 0 spiro atoms. The van der Waals surface area contributed by atoms with Gasteiger partial charge in [0, 0.05) is 23.3 Å². The molecule has 0 bridgehead atoms. The third-order valence-corrected chi connectivity index (χ3v) is 5.48. The Morgan fingerprint density at radius 3 is 2.50 bits per heavy atom. The van der Waals surface area contributed by atoms with E-state index in [0.717, 1.165) is 5.56 Å². The minimum atomic E-state index is -0.142. The maximum atomic E-state index is 12.1. The molecule has 0 aliphatic rings. The molecule has 1 aromatic heterocycles. The zero-order valence-electron chi connectivity index (χ0n) is 13.5. The molecule has 0 radical (unpaired) electrons. The van der Waals surface area contributed by atoms with Crippen molar-refractivity contribution in [1.29, 1.82) is 0 Å². The van der Waals surface area contributed by atoms with Gasteiger partial charge in [0.1, 0.15) is 0 Å². The van der Waals surface area contributed by atoms with Gasteiger partial charge in [-0.15, -0.1) is 10.2 Å². The van der Waals surface area contributed by atoms with Crippen molar-refractivity contribution in [3.8, 4) is 11.4 Å². The first-order valence-electron chi connectivity index (χ1n) is 7.47. The van der Waals surface area contributed by atoms with Crippen LogP contribution < -0.4 is 5.32 Å². The Hall–Kier alpha value is -1.73. The van der Waals surface area contributed by atoms with Gasteiger partial charge in [0.15, 0.2) is 11.0 Å². The highest BCUT2D eigenvalue weighted by atomic mass is 35.5. The van der Waals surface area contributed by atoms with E-state index in [-0.39, 0.29) is 11.7 Å². The number of halogens is 3. The van der Waals surface area contributed by atoms with E-state index in [1.807, 2.05) is 13.1 Å². The summed E-state index contributed by atoms with van der Waals surface area (Å²) in [6.45, 7) is 0. The van der Waals surface area contributed by atoms with Crippen LogP contribution in [0.15, 0.2) is 47.6 Å². The summed E-state index contributed by atoms with van der Waals surface area (Å²) in [6.07, 6.45) is 0. The molecule has 0 unspecified atom stereocenters. The molecule has 5 nitrogen and oxygen atoms in total. The molecule has 0 atom stereocenters. The number of hydrogen-bond donors (Lipinski definition) is 1. The number of thioether (sulfide) groups is 1. The third-order valence-electron chi connectivity index (χ3n) is 3.47. The van der Waals surface area contributed by atoms with Gasteiger partial charge in [-0.3, -0.25) is 4.79 Å². The van der Waals surface area contributed by atoms with E-state index in [0.29, 0.717) is 31.7 Å². The average Bonchev–Trinajstić information content (AvgIpc) is 2.98. The fourth-order valence-electron chi connectivity index (χ4n) is 2.19. The molecule has 134 valence electrons. The zero-order valence-corrected chi connectivity index (χ0v) is 16.6. The van der Waals surface area contributed by atoms with Gasteiger partial charge in [0.25, 0.3) is 0 Å². The Bertz CT molecular complexity index is 944. The first-order valence-corrected chi connectivity index (χ1v) is 9.59. The van der Waals surface area contributed by atoms with Crippen LogP contribution in [-0.4, -0.2) is 26.4 Å². The topological polar surface area (TPSA) is 59.8 Å². The van der Waals surface area contributed by atoms with Crippen LogP contribution in [0.3, 0.4) is 0 Å². The normalized spacial score (nSPS) is 10.8. The van der Waals surface area contributed by atoms with Crippen molar-refractivity contribution in [3.63, 3.8) is 0 Å². The number of rotatable bonds is 5. The lowest BCUT2D eigenvalue weighted by molar-refractivity contribution is -0.113. The number of aromatic nitrogens is 3. The fourth-order valence-corrected chi connectivity index (χ4v) is 3.32. The Kier molecular flexibility index (Phi) is 6.09. The molecule has 1 N–H and O–H groups in total. The number of anilines is 1. The number of nitrogens with one attached hydrogen (secondary N) is 1. The van der Waals surface area contributed by atoms with Crippen LogP contribution in [0.25, 0.3) is 11.4 Å². The molecule has 0 saturated carbocycles. The van der Waals surface area contributed by atoms with E-state index < -0.39 is 0 Å². The lowest BCUT2D eigenvalue weighted by Gasteiger charge is -2.06. The number of benzene rings is 2. The summed E-state index contributed by atoms with van der Waals surface area (Å²) in [7, 11) is 1.83. The Balaban J connectivity index is 1.65. The molecular formula is C17H13Cl3N4OS. The molecular weight excluding hydrogens is 415 g/mol. The predicted octanol–water partition coefficient (Wildman–Crippen LogP) is 5.17. The van der Waals surface area contributed by atoms with Crippen LogP contribution in [0.4, 0.5) is 5.69 Å². The summed E-state index contributed by atoms with van der Waals surface area (Å²) in [6, 6.07) is 12.2. The van der Waals surface area contributed by atoms with Gasteiger partial charge >= 0.3 is 0 Å². The van der Waals surface area contributed by atoms with E-state index in [4.69, 9.17) is 34.8 Å². The summed E-state index contributed by atoms with van der Waals surface area (Å²) in [5.74, 6) is 0.705. The van der Waals surface area contributed by atoms with E-state index in [1.54, 1.807) is 41.0 Å². The van der Waals surface area contributed by atoms with Crippen molar-refractivity contribution in [2.24, 2.45) is 7.05 Å². The molecule has 26 heavy (non-hydrogen) atoms. The summed E-state index contributed by atoms with van der Waals surface area (Å²) in [4.78, 5) is 12.1. The van der Waals surface area contributed by atoms with E-state index in [1.165, 1.54) is 11.8 Å². The highest BCUT2D eigenvalue weighted by Gasteiger charge is 2.14. The molecule has 1 amide bonds. The van der Waals surface area contributed by atoms with E-state index in [2.05, 4.69) is 15.5 Å². The van der Waals surface area contributed by atoms with Crippen molar-refractivity contribution in [2.75, 3.05) is 11.1 Å². The minimum absolute atomic E-state index is 0.142. The Morgan fingerprint density at radius 2 is 1.81 bits per heavy atom. The second-order valence-electron chi connectivity index (χ2n) is 5.34. The SMILES string of the molecule is Cn1c(SCC(=O)Nc2ccc(Cl)cc2)nnc1-c1ccc(Cl)c(Cl)c1. The molecule has 0 fully saturated rings. The van der Waals surface area contributed by atoms with Crippen molar-refractivity contribution in [1.82, 2.24) is 14.8 Å². The van der Waals surface area contributed by atoms with Crippen LogP contribution in [0.2, 0.25) is 15.1 Å². The molecule has 0 saturated heterocycles. The summed E-state index contributed by atoms with van der Waals surface area (Å²) < 4.78 is 1.81. The van der Waals surface area contributed by atoms with Gasteiger partial charge in [-0.25, -0.2) is 0 Å². The number of amides is 1. The van der Waals surface area contributed by atoms with Crippen molar-refractivity contribution >= 4 is 58.2 Å². The highest BCUT2D eigenvalue weighted by Crippen LogP contribution is 2.29. The van der Waals surface area contributed by atoms with Gasteiger partial charge in [0.05, 0.1) is 15.8 Å². The number of hydrogen-bond acceptors (Lipinski definition) is 4. The largest absolute Gasteiger partial charge is 0.325 e. The third kappa shape index (κ3) is 4.51. The number of carbonyl (C=O) groups excluding carboxylic acids is 1. The van der Waals surface area contributed by atoms with Crippen molar-refractivity contribution in [2.45, 2.75) is 5.16 Å². The molecule has 3 rings (SSSR count). The van der Waals surface area contributed by atoms with Crippen LogP contribution in [-0.2, 0) is 11.8 Å². The molecule has 0 aliphatic heterocycles. The minimum Gasteiger partial charge on any atom is -0.325 e. The maximum Gasteiger partial charge on any atom is 0.234 e. The lowest BCUT2D eigenvalue weighted by atomic mass is 10.2. The monoisotopic (exact) mass is 426 g/mol. The summed E-state index contributed by atoms with van der Waals surface area (Å²) in [5.41, 5.74) is 1.49. The highest BCUT2D eigenvalue weighted by molar-refractivity contribution is 7.99. The van der Waals surface area contributed by atoms with Gasteiger partial charge in [-0.2, -0.15) is 0 Å². The first-order chi connectivity index (χ1) is 12.4. The van der Waals surface area contributed by atoms with Crippen LogP contribution in [0, 0.1) is 0 Å². The Morgan fingerprint density at radius 1 is 1.08 bits per heavy atom. The second kappa shape index (κ2) is 8.31. The average molecular weight is 428 g/mol. The Labute approximate surface area is 169 Å². The molecule has 2 aromatic carbocycles. The maximum absolute atomic E-state index is 12.1. The van der Waals surface area contributed by atoms with E-state index >= 15 is 0 Å². The smallest absolute Gasteiger partial charge is 0.234 e. The lowest BCUT2D eigenvalue weighted by Crippen LogP contribution is -2.14. The standard InChI is InChI=1S/C17H13Cl3N4OS/c1-24-16(10-2-7-13(19)14(20)8-10)22-23-17(24)26-9-15(25)21-12-5-3-11(18)4-6-12/h2-8H,9H2,1H3,(H,21,25). The second-order valence-corrected chi connectivity index (χ2v) is 7.53. The zero-order chi connectivity index (χ0) is 18.7. The quantitative estimate of drug-likeness (QED) is 0.570. The van der Waals surface area contributed by atoms with Gasteiger partial charge < -0.3 is 9.88 Å². The number of nitrogens with zero attached hydrogens (tertiary/aromatic N) is 3. The summed E-state index contributed by atoms with van der Waals surface area (Å²) in [5, 5.41) is 13.3. The van der Waals surface area contributed by atoms with Gasteiger partial charge in [-0.05, 0) is 42.5 Å². The van der Waals surface area contributed by atoms with Crippen LogP contribution >= 0.6 is 46.6 Å².